The minimum absolute atomic E-state index is 0.209. The third-order valence-corrected chi connectivity index (χ3v) is 3.36. The third-order valence-electron chi connectivity index (χ3n) is 2.70. The van der Waals surface area contributed by atoms with Crippen molar-refractivity contribution in [2.24, 2.45) is 0 Å². The van der Waals surface area contributed by atoms with Gasteiger partial charge in [-0.2, -0.15) is 0 Å². The predicted molar refractivity (Wildman–Crippen MR) is 82.2 cm³/mol. The van der Waals surface area contributed by atoms with Gasteiger partial charge in [-0.15, -0.1) is 6.42 Å². The zero-order valence-corrected chi connectivity index (χ0v) is 12.3. The fourth-order valence-corrected chi connectivity index (χ4v) is 2.24. The van der Waals surface area contributed by atoms with E-state index >= 15 is 0 Å². The number of anilines is 1. The zero-order chi connectivity index (χ0) is 14.4. The van der Waals surface area contributed by atoms with Crippen LogP contribution in [0, 0.1) is 18.2 Å². The van der Waals surface area contributed by atoms with E-state index in [0.717, 1.165) is 5.56 Å². The lowest BCUT2D eigenvalue weighted by Gasteiger charge is -2.13. The summed E-state index contributed by atoms with van der Waals surface area (Å²) in [5.74, 6) is 2.82. The van der Waals surface area contributed by atoms with Crippen LogP contribution in [-0.4, -0.2) is 6.61 Å². The first-order chi connectivity index (χ1) is 9.72. The van der Waals surface area contributed by atoms with Gasteiger partial charge in [-0.25, -0.2) is 4.39 Å². The molecule has 2 aromatic rings. The molecule has 0 aromatic heterocycles. The molecule has 0 amide bonds. The van der Waals surface area contributed by atoms with E-state index < -0.39 is 0 Å². The van der Waals surface area contributed by atoms with Crippen LogP contribution in [0.1, 0.15) is 5.56 Å². The predicted octanol–water partition coefficient (Wildman–Crippen LogP) is 4.21. The molecule has 1 N–H and O–H groups in total. The minimum atomic E-state index is -0.304. The summed E-state index contributed by atoms with van der Waals surface area (Å²) in [6.07, 6.45) is 5.18. The Morgan fingerprint density at radius 1 is 1.20 bits per heavy atom. The van der Waals surface area contributed by atoms with Crippen molar-refractivity contribution in [2.75, 3.05) is 11.9 Å². The van der Waals surface area contributed by atoms with Gasteiger partial charge in [-0.05, 0) is 34.1 Å². The average Bonchev–Trinajstić information content (AvgIpc) is 2.45. The Morgan fingerprint density at radius 3 is 2.75 bits per heavy atom. The van der Waals surface area contributed by atoms with Crippen LogP contribution in [0.5, 0.6) is 5.75 Å². The van der Waals surface area contributed by atoms with Crippen LogP contribution in [0.4, 0.5) is 10.1 Å². The van der Waals surface area contributed by atoms with Gasteiger partial charge in [0.1, 0.15) is 18.2 Å². The van der Waals surface area contributed by atoms with E-state index in [9.17, 15) is 4.39 Å². The van der Waals surface area contributed by atoms with Crippen LogP contribution in [0.3, 0.4) is 0 Å². The number of rotatable bonds is 5. The maximum atomic E-state index is 13.7. The van der Waals surface area contributed by atoms with Gasteiger partial charge in [-0.1, -0.05) is 30.2 Å². The van der Waals surface area contributed by atoms with Crippen LogP contribution in [0.2, 0.25) is 0 Å². The topological polar surface area (TPSA) is 21.3 Å². The molecule has 0 aliphatic carbocycles. The lowest BCUT2D eigenvalue weighted by Crippen LogP contribution is -2.05. The van der Waals surface area contributed by atoms with Crippen LogP contribution in [0.15, 0.2) is 46.9 Å². The molecule has 0 atom stereocenters. The van der Waals surface area contributed by atoms with Gasteiger partial charge in [0.2, 0.25) is 0 Å². The van der Waals surface area contributed by atoms with Crippen molar-refractivity contribution in [2.45, 2.75) is 6.54 Å². The first-order valence-corrected chi connectivity index (χ1v) is 6.83. The summed E-state index contributed by atoms with van der Waals surface area (Å²) in [4.78, 5) is 0. The second kappa shape index (κ2) is 6.97. The highest BCUT2D eigenvalue weighted by Gasteiger charge is 2.07. The molecule has 102 valence electrons. The molecular weight excluding hydrogens is 321 g/mol. The van der Waals surface area contributed by atoms with Crippen molar-refractivity contribution in [3.05, 3.63) is 58.3 Å². The Morgan fingerprint density at radius 2 is 2.00 bits per heavy atom. The number of hydrogen-bond acceptors (Lipinski definition) is 2. The molecular formula is C16H13BrFNO. The maximum Gasteiger partial charge on any atom is 0.148 e. The third kappa shape index (κ3) is 3.52. The highest BCUT2D eigenvalue weighted by Crippen LogP contribution is 2.27. The number of hydrogen-bond donors (Lipinski definition) is 1. The van der Waals surface area contributed by atoms with Crippen LogP contribution in [0.25, 0.3) is 0 Å². The molecule has 0 aliphatic rings. The molecule has 0 saturated heterocycles. The highest BCUT2D eigenvalue weighted by atomic mass is 79.9. The van der Waals surface area contributed by atoms with E-state index in [4.69, 9.17) is 11.2 Å². The molecule has 0 saturated carbocycles. The molecule has 0 radical (unpaired) electrons. The number of nitrogens with one attached hydrogen (secondary N) is 1. The molecule has 20 heavy (non-hydrogen) atoms. The second-order valence-corrected chi connectivity index (χ2v) is 4.91. The molecule has 0 fully saturated rings. The number of para-hydroxylation sites is 2. The Bertz CT molecular complexity index is 616. The number of terminal acetylenes is 1. The largest absolute Gasteiger partial charge is 0.481 e. The highest BCUT2D eigenvalue weighted by molar-refractivity contribution is 9.10. The van der Waals surface area contributed by atoms with E-state index in [0.29, 0.717) is 22.5 Å². The minimum Gasteiger partial charge on any atom is -0.481 e. The van der Waals surface area contributed by atoms with E-state index in [2.05, 4.69) is 27.2 Å². The number of benzene rings is 2. The molecule has 0 aliphatic heterocycles. The van der Waals surface area contributed by atoms with Crippen LogP contribution < -0.4 is 10.1 Å². The Balaban J connectivity index is 2.13. The summed E-state index contributed by atoms with van der Waals surface area (Å²) in [5, 5.41) is 3.06. The van der Waals surface area contributed by atoms with Crippen LogP contribution in [-0.2, 0) is 6.54 Å². The van der Waals surface area contributed by atoms with Crippen molar-refractivity contribution in [1.82, 2.24) is 0 Å². The van der Waals surface area contributed by atoms with E-state index in [-0.39, 0.29) is 12.4 Å². The van der Waals surface area contributed by atoms with Crippen molar-refractivity contribution in [1.29, 1.82) is 0 Å². The standard InChI is InChI=1S/C16H13BrFNO/c1-2-10-20-15-9-4-3-6-12(15)11-19-16-13(17)7-5-8-14(16)18/h1,3-9,19H,10-11H2. The lowest BCUT2D eigenvalue weighted by atomic mass is 10.2. The first-order valence-electron chi connectivity index (χ1n) is 6.04. The molecule has 4 heteroatoms. The smallest absolute Gasteiger partial charge is 0.148 e. The number of ether oxygens (including phenoxy) is 1. The molecule has 2 nitrogen and oxygen atoms in total. The average molecular weight is 334 g/mol. The summed E-state index contributed by atoms with van der Waals surface area (Å²) < 4.78 is 19.8. The van der Waals surface area contributed by atoms with Gasteiger partial charge >= 0.3 is 0 Å². The van der Waals surface area contributed by atoms with Crippen molar-refractivity contribution in [3.8, 4) is 18.1 Å². The zero-order valence-electron chi connectivity index (χ0n) is 10.7. The Kier molecular flexibility index (Phi) is 5.03. The van der Waals surface area contributed by atoms with Crippen molar-refractivity contribution < 1.29 is 9.13 Å². The van der Waals surface area contributed by atoms with Crippen molar-refractivity contribution in [3.63, 3.8) is 0 Å². The Hall–Kier alpha value is -1.99. The van der Waals surface area contributed by atoms with Gasteiger partial charge < -0.3 is 10.1 Å². The summed E-state index contributed by atoms with van der Waals surface area (Å²) >= 11 is 3.32. The molecule has 0 heterocycles. The fourth-order valence-electron chi connectivity index (χ4n) is 1.76. The van der Waals surface area contributed by atoms with Gasteiger partial charge in [0, 0.05) is 16.6 Å². The molecule has 0 spiro atoms. The van der Waals surface area contributed by atoms with E-state index in [1.54, 1.807) is 12.1 Å². The number of halogens is 2. The van der Waals surface area contributed by atoms with Gasteiger partial charge in [0.05, 0.1) is 5.69 Å². The molecule has 2 rings (SSSR count). The maximum absolute atomic E-state index is 13.7. The summed E-state index contributed by atoms with van der Waals surface area (Å²) in [6, 6.07) is 12.4. The van der Waals surface area contributed by atoms with Crippen molar-refractivity contribution >= 4 is 21.6 Å². The molecule has 2 aromatic carbocycles. The van der Waals surface area contributed by atoms with E-state index in [1.807, 2.05) is 24.3 Å². The normalized spacial score (nSPS) is 9.85. The van der Waals surface area contributed by atoms with Gasteiger partial charge in [-0.3, -0.25) is 0 Å². The first kappa shape index (κ1) is 14.4. The van der Waals surface area contributed by atoms with Gasteiger partial charge in [0.25, 0.3) is 0 Å². The SMILES string of the molecule is C#CCOc1ccccc1CNc1c(F)cccc1Br. The van der Waals surface area contributed by atoms with E-state index in [1.165, 1.54) is 6.07 Å². The molecule has 0 unspecified atom stereocenters. The lowest BCUT2D eigenvalue weighted by molar-refractivity contribution is 0.366. The monoisotopic (exact) mass is 333 g/mol. The summed E-state index contributed by atoms with van der Waals surface area (Å²) in [5.41, 5.74) is 1.34. The summed E-state index contributed by atoms with van der Waals surface area (Å²) in [7, 11) is 0. The van der Waals surface area contributed by atoms with Crippen LogP contribution >= 0.6 is 15.9 Å². The Labute approximate surface area is 126 Å². The fraction of sp³-hybridized carbons (Fsp3) is 0.125. The summed E-state index contributed by atoms with van der Waals surface area (Å²) in [6.45, 7) is 0.653. The van der Waals surface area contributed by atoms with Gasteiger partial charge in [0.15, 0.2) is 0 Å². The quantitative estimate of drug-likeness (QED) is 0.827. The molecule has 0 bridgehead atoms. The second-order valence-electron chi connectivity index (χ2n) is 4.05.